The molecule has 0 saturated carbocycles. The van der Waals surface area contributed by atoms with Crippen LogP contribution >= 0.6 is 0 Å². The number of aromatic nitrogens is 2. The van der Waals surface area contributed by atoms with Crippen molar-refractivity contribution in [3.05, 3.63) is 53.9 Å². The Labute approximate surface area is 175 Å². The lowest BCUT2D eigenvalue weighted by molar-refractivity contribution is 0.283. The summed E-state index contributed by atoms with van der Waals surface area (Å²) in [5, 5.41) is 3.45. The molecule has 0 amide bonds. The van der Waals surface area contributed by atoms with E-state index in [9.17, 15) is 0 Å². The first-order valence-electron chi connectivity index (χ1n) is 10.5. The maximum atomic E-state index is 4.67. The van der Waals surface area contributed by atoms with E-state index >= 15 is 0 Å². The first kappa shape index (κ1) is 21.3. The smallest absolute Gasteiger partial charge is 0.134 e. The average molecular weight is 395 g/mol. The molecular formula is C23H34N6. The molecule has 0 spiro atoms. The van der Waals surface area contributed by atoms with Gasteiger partial charge in [-0.3, -0.25) is 4.90 Å². The highest BCUT2D eigenvalue weighted by Gasteiger charge is 2.18. The van der Waals surface area contributed by atoms with Crippen LogP contribution in [0.4, 0.5) is 11.6 Å². The maximum Gasteiger partial charge on any atom is 0.134 e. The maximum absolute atomic E-state index is 4.67. The minimum atomic E-state index is 0.825. The molecule has 1 fully saturated rings. The summed E-state index contributed by atoms with van der Waals surface area (Å²) in [5.74, 6) is 2.79. The minimum Gasteiger partial charge on any atom is -0.370 e. The predicted molar refractivity (Wildman–Crippen MR) is 123 cm³/mol. The number of hydrogen-bond acceptors (Lipinski definition) is 6. The zero-order chi connectivity index (χ0) is 20.5. The summed E-state index contributed by atoms with van der Waals surface area (Å²) in [6, 6.07) is 12.6. The van der Waals surface area contributed by atoms with Gasteiger partial charge in [-0.1, -0.05) is 42.5 Å². The van der Waals surface area contributed by atoms with Crippen LogP contribution in [0.25, 0.3) is 6.08 Å². The Hall–Kier alpha value is -2.44. The Bertz CT molecular complexity index is 766. The standard InChI is InChI=1S/C23H34N6/c1-20-25-22(24-12-8-13-27(2)3)19-23(26-20)29-17-15-28(16-18-29)14-7-11-21-9-5-4-6-10-21/h4-7,9-11,19H,8,12-18H2,1-3H3,(H,24,25,26)/b11-7+. The van der Waals surface area contributed by atoms with Crippen LogP contribution in [0.3, 0.4) is 0 Å². The molecule has 0 radical (unpaired) electrons. The summed E-state index contributed by atoms with van der Waals surface area (Å²) in [5.41, 5.74) is 1.26. The van der Waals surface area contributed by atoms with Gasteiger partial charge in [0.2, 0.25) is 0 Å². The van der Waals surface area contributed by atoms with Crippen molar-refractivity contribution in [2.24, 2.45) is 0 Å². The highest BCUT2D eigenvalue weighted by molar-refractivity contribution is 5.50. The Balaban J connectivity index is 1.47. The normalized spacial score (nSPS) is 15.4. The molecule has 1 aromatic carbocycles. The van der Waals surface area contributed by atoms with E-state index in [1.807, 2.05) is 6.92 Å². The van der Waals surface area contributed by atoms with Crippen LogP contribution in [0.15, 0.2) is 42.5 Å². The SMILES string of the molecule is Cc1nc(NCCCN(C)C)cc(N2CCN(C/C=C/c3ccccc3)CC2)n1. The van der Waals surface area contributed by atoms with E-state index in [0.717, 1.165) is 69.7 Å². The Morgan fingerprint density at radius 3 is 2.55 bits per heavy atom. The van der Waals surface area contributed by atoms with Gasteiger partial charge >= 0.3 is 0 Å². The first-order valence-corrected chi connectivity index (χ1v) is 10.5. The number of anilines is 2. The van der Waals surface area contributed by atoms with E-state index in [1.165, 1.54) is 5.56 Å². The van der Waals surface area contributed by atoms with E-state index in [2.05, 4.69) is 92.6 Å². The molecule has 0 aliphatic carbocycles. The first-order chi connectivity index (χ1) is 14.1. The molecule has 1 N–H and O–H groups in total. The lowest BCUT2D eigenvalue weighted by Gasteiger charge is -2.35. The summed E-state index contributed by atoms with van der Waals surface area (Å²) < 4.78 is 0. The van der Waals surface area contributed by atoms with Crippen LogP contribution in [-0.4, -0.2) is 79.7 Å². The number of nitrogens with zero attached hydrogens (tertiary/aromatic N) is 5. The molecular weight excluding hydrogens is 360 g/mol. The van der Waals surface area contributed by atoms with Gasteiger partial charge in [-0.05, 0) is 39.5 Å². The van der Waals surface area contributed by atoms with Gasteiger partial charge in [0.05, 0.1) is 0 Å². The van der Waals surface area contributed by atoms with Crippen molar-refractivity contribution in [2.75, 3.05) is 70.1 Å². The molecule has 2 aromatic rings. The second kappa shape index (κ2) is 10.9. The Morgan fingerprint density at radius 1 is 1.07 bits per heavy atom. The average Bonchev–Trinajstić information content (AvgIpc) is 2.72. The molecule has 2 heterocycles. The van der Waals surface area contributed by atoms with E-state index in [0.29, 0.717) is 0 Å². The molecule has 156 valence electrons. The van der Waals surface area contributed by atoms with Crippen LogP contribution in [0.1, 0.15) is 17.8 Å². The van der Waals surface area contributed by atoms with Gasteiger partial charge < -0.3 is 15.1 Å². The van der Waals surface area contributed by atoms with Crippen molar-refractivity contribution in [1.29, 1.82) is 0 Å². The third-order valence-electron chi connectivity index (χ3n) is 5.08. The summed E-state index contributed by atoms with van der Waals surface area (Å²) >= 11 is 0. The highest BCUT2D eigenvalue weighted by atomic mass is 15.3. The van der Waals surface area contributed by atoms with Gasteiger partial charge in [0.15, 0.2) is 0 Å². The largest absolute Gasteiger partial charge is 0.370 e. The second-order valence-corrected chi connectivity index (χ2v) is 7.84. The van der Waals surface area contributed by atoms with Crippen LogP contribution in [0.2, 0.25) is 0 Å². The monoisotopic (exact) mass is 394 g/mol. The van der Waals surface area contributed by atoms with Crippen molar-refractivity contribution in [3.63, 3.8) is 0 Å². The lowest BCUT2D eigenvalue weighted by Crippen LogP contribution is -2.46. The second-order valence-electron chi connectivity index (χ2n) is 7.84. The molecule has 0 unspecified atom stereocenters. The van der Waals surface area contributed by atoms with Gasteiger partial charge in [0.25, 0.3) is 0 Å². The fraction of sp³-hybridized carbons (Fsp3) is 0.478. The van der Waals surface area contributed by atoms with Crippen LogP contribution in [0, 0.1) is 6.92 Å². The molecule has 1 aromatic heterocycles. The molecule has 29 heavy (non-hydrogen) atoms. The number of aryl methyl sites for hydroxylation is 1. The highest BCUT2D eigenvalue weighted by Crippen LogP contribution is 2.18. The van der Waals surface area contributed by atoms with Crippen LogP contribution in [0.5, 0.6) is 0 Å². The van der Waals surface area contributed by atoms with E-state index < -0.39 is 0 Å². The van der Waals surface area contributed by atoms with E-state index in [1.54, 1.807) is 0 Å². The van der Waals surface area contributed by atoms with Crippen LogP contribution < -0.4 is 10.2 Å². The van der Waals surface area contributed by atoms with Crippen molar-refractivity contribution in [2.45, 2.75) is 13.3 Å². The van der Waals surface area contributed by atoms with Gasteiger partial charge in [-0.15, -0.1) is 0 Å². The Kier molecular flexibility index (Phi) is 8.02. The molecule has 1 aliphatic rings. The third kappa shape index (κ3) is 7.15. The topological polar surface area (TPSA) is 47.5 Å². The summed E-state index contributed by atoms with van der Waals surface area (Å²) in [4.78, 5) is 16.3. The summed E-state index contributed by atoms with van der Waals surface area (Å²) in [6.45, 7) is 9.05. The van der Waals surface area contributed by atoms with Gasteiger partial charge in [-0.25, -0.2) is 9.97 Å². The van der Waals surface area contributed by atoms with Gasteiger partial charge in [0.1, 0.15) is 17.5 Å². The molecule has 1 aliphatic heterocycles. The number of nitrogens with one attached hydrogen (secondary N) is 1. The third-order valence-corrected chi connectivity index (χ3v) is 5.08. The predicted octanol–water partition coefficient (Wildman–Crippen LogP) is 2.98. The van der Waals surface area contributed by atoms with Crippen LogP contribution in [-0.2, 0) is 0 Å². The fourth-order valence-corrected chi connectivity index (χ4v) is 3.48. The van der Waals surface area contributed by atoms with Crippen molar-refractivity contribution in [3.8, 4) is 0 Å². The number of piperazine rings is 1. The van der Waals surface area contributed by atoms with Crippen molar-refractivity contribution in [1.82, 2.24) is 19.8 Å². The molecule has 1 saturated heterocycles. The van der Waals surface area contributed by atoms with E-state index in [4.69, 9.17) is 0 Å². The Morgan fingerprint density at radius 2 is 1.83 bits per heavy atom. The van der Waals surface area contributed by atoms with Gasteiger partial charge in [-0.2, -0.15) is 0 Å². The summed E-state index contributed by atoms with van der Waals surface area (Å²) in [6.07, 6.45) is 5.56. The fourth-order valence-electron chi connectivity index (χ4n) is 3.48. The molecule has 0 bridgehead atoms. The number of rotatable bonds is 9. The zero-order valence-electron chi connectivity index (χ0n) is 18.0. The minimum absolute atomic E-state index is 0.825. The lowest BCUT2D eigenvalue weighted by atomic mass is 10.2. The zero-order valence-corrected chi connectivity index (χ0v) is 18.0. The molecule has 3 rings (SSSR count). The van der Waals surface area contributed by atoms with Gasteiger partial charge in [0, 0.05) is 45.3 Å². The molecule has 6 nitrogen and oxygen atoms in total. The van der Waals surface area contributed by atoms with E-state index in [-0.39, 0.29) is 0 Å². The quantitative estimate of drug-likeness (QED) is 0.660. The number of benzene rings is 1. The van der Waals surface area contributed by atoms with Crippen molar-refractivity contribution >= 4 is 17.7 Å². The molecule has 0 atom stereocenters. The molecule has 6 heteroatoms. The number of hydrogen-bond donors (Lipinski definition) is 1. The van der Waals surface area contributed by atoms with Crippen molar-refractivity contribution < 1.29 is 0 Å². The summed E-state index contributed by atoms with van der Waals surface area (Å²) in [7, 11) is 4.20.